The Bertz CT molecular complexity index is 999. The SMILES string of the molecule is COc1ccc(CC(=O)N/N=C\c2cc(I)c(OCc3ccccc3)c(I)c2)cc1. The Kier molecular flexibility index (Phi) is 8.50. The average Bonchev–Trinajstić information content (AvgIpc) is 2.74. The van der Waals surface area contributed by atoms with Crippen LogP contribution in [0.1, 0.15) is 16.7 Å². The van der Waals surface area contributed by atoms with Crippen LogP contribution in [0.15, 0.2) is 71.8 Å². The Morgan fingerprint density at radius 2 is 1.67 bits per heavy atom. The van der Waals surface area contributed by atoms with Crippen LogP contribution in [-0.4, -0.2) is 19.2 Å². The molecule has 0 radical (unpaired) electrons. The number of hydrogen-bond donors (Lipinski definition) is 1. The smallest absolute Gasteiger partial charge is 0.244 e. The molecule has 0 unspecified atom stereocenters. The van der Waals surface area contributed by atoms with Crippen molar-refractivity contribution < 1.29 is 14.3 Å². The molecule has 0 saturated heterocycles. The lowest BCUT2D eigenvalue weighted by atomic mass is 10.1. The normalized spacial score (nSPS) is 10.8. The molecular weight excluding hydrogens is 606 g/mol. The molecule has 0 aromatic heterocycles. The first-order valence-electron chi connectivity index (χ1n) is 9.16. The highest BCUT2D eigenvalue weighted by Crippen LogP contribution is 2.29. The Morgan fingerprint density at radius 1 is 1.00 bits per heavy atom. The van der Waals surface area contributed by atoms with Gasteiger partial charge >= 0.3 is 0 Å². The van der Waals surface area contributed by atoms with E-state index in [2.05, 4.69) is 55.7 Å². The van der Waals surface area contributed by atoms with Gasteiger partial charge < -0.3 is 9.47 Å². The Hall–Kier alpha value is -2.14. The third-order valence-corrected chi connectivity index (χ3v) is 5.78. The van der Waals surface area contributed by atoms with Gasteiger partial charge in [-0.2, -0.15) is 5.10 Å². The molecule has 0 fully saturated rings. The minimum atomic E-state index is -0.177. The van der Waals surface area contributed by atoms with Crippen molar-refractivity contribution in [2.75, 3.05) is 7.11 Å². The zero-order chi connectivity index (χ0) is 21.3. The summed E-state index contributed by atoms with van der Waals surface area (Å²) in [6.45, 7) is 0.516. The van der Waals surface area contributed by atoms with E-state index in [1.165, 1.54) is 0 Å². The number of methoxy groups -OCH3 is 1. The van der Waals surface area contributed by atoms with Gasteiger partial charge in [0.15, 0.2) is 0 Å². The molecule has 0 heterocycles. The van der Waals surface area contributed by atoms with Crippen molar-refractivity contribution in [3.63, 3.8) is 0 Å². The molecule has 0 aliphatic rings. The van der Waals surface area contributed by atoms with Gasteiger partial charge in [-0.3, -0.25) is 4.79 Å². The molecule has 1 N–H and O–H groups in total. The maximum atomic E-state index is 12.1. The summed E-state index contributed by atoms with van der Waals surface area (Å²) in [5.41, 5.74) is 5.48. The van der Waals surface area contributed by atoms with Gasteiger partial charge in [0.05, 0.1) is 26.9 Å². The standard InChI is InChI=1S/C23H20I2N2O3/c1-29-19-9-7-16(8-10-19)13-22(28)27-26-14-18-11-20(24)23(21(25)12-18)30-15-17-5-3-2-4-6-17/h2-12,14H,13,15H2,1H3,(H,27,28)/b26-14-. The lowest BCUT2D eigenvalue weighted by Crippen LogP contribution is -2.19. The van der Waals surface area contributed by atoms with E-state index in [1.807, 2.05) is 66.7 Å². The molecule has 3 rings (SSSR count). The molecule has 30 heavy (non-hydrogen) atoms. The quantitative estimate of drug-likeness (QED) is 0.213. The lowest BCUT2D eigenvalue weighted by Gasteiger charge is -2.11. The second kappa shape index (κ2) is 11.3. The minimum Gasteiger partial charge on any atom is -0.497 e. The van der Waals surface area contributed by atoms with Gasteiger partial charge in [-0.05, 0) is 86.1 Å². The molecule has 0 atom stereocenters. The van der Waals surface area contributed by atoms with Crippen LogP contribution in [0.3, 0.4) is 0 Å². The third-order valence-electron chi connectivity index (χ3n) is 4.17. The summed E-state index contributed by atoms with van der Waals surface area (Å²) in [5.74, 6) is 1.43. The largest absolute Gasteiger partial charge is 0.497 e. The summed E-state index contributed by atoms with van der Waals surface area (Å²) in [7, 11) is 1.61. The predicted octanol–water partition coefficient (Wildman–Crippen LogP) is 5.18. The molecule has 7 heteroatoms. The van der Waals surface area contributed by atoms with Gasteiger partial charge in [0, 0.05) is 0 Å². The van der Waals surface area contributed by atoms with E-state index in [0.717, 1.165) is 35.3 Å². The number of amides is 1. The molecule has 154 valence electrons. The predicted molar refractivity (Wildman–Crippen MR) is 135 cm³/mol. The molecule has 0 saturated carbocycles. The van der Waals surface area contributed by atoms with Crippen molar-refractivity contribution >= 4 is 57.3 Å². The summed E-state index contributed by atoms with van der Waals surface area (Å²) in [6.07, 6.45) is 1.89. The fraction of sp³-hybridized carbons (Fsp3) is 0.130. The van der Waals surface area contributed by atoms with Crippen LogP contribution < -0.4 is 14.9 Å². The number of rotatable bonds is 8. The molecular formula is C23H20I2N2O3. The number of nitrogens with one attached hydrogen (secondary N) is 1. The van der Waals surface area contributed by atoms with Crippen molar-refractivity contribution in [1.82, 2.24) is 5.43 Å². The lowest BCUT2D eigenvalue weighted by molar-refractivity contribution is -0.120. The molecule has 0 aliphatic carbocycles. The van der Waals surface area contributed by atoms with Crippen molar-refractivity contribution in [2.45, 2.75) is 13.0 Å². The molecule has 5 nitrogen and oxygen atoms in total. The average molecular weight is 626 g/mol. The number of nitrogens with zero attached hydrogens (tertiary/aromatic N) is 1. The summed E-state index contributed by atoms with van der Waals surface area (Å²) < 4.78 is 13.1. The molecule has 0 aliphatic heterocycles. The maximum absolute atomic E-state index is 12.1. The maximum Gasteiger partial charge on any atom is 0.244 e. The second-order valence-electron chi connectivity index (χ2n) is 6.41. The van der Waals surface area contributed by atoms with Gasteiger partial charge in [0.2, 0.25) is 5.91 Å². The van der Waals surface area contributed by atoms with E-state index in [9.17, 15) is 4.79 Å². The Labute approximate surface area is 203 Å². The van der Waals surface area contributed by atoms with Gasteiger partial charge in [-0.1, -0.05) is 42.5 Å². The molecule has 1 amide bonds. The topological polar surface area (TPSA) is 59.9 Å². The monoisotopic (exact) mass is 626 g/mol. The van der Waals surface area contributed by atoms with Crippen molar-refractivity contribution in [2.24, 2.45) is 5.10 Å². The van der Waals surface area contributed by atoms with Crippen molar-refractivity contribution in [3.8, 4) is 11.5 Å². The van der Waals surface area contributed by atoms with Crippen LogP contribution in [0.4, 0.5) is 0 Å². The fourth-order valence-electron chi connectivity index (χ4n) is 2.67. The van der Waals surface area contributed by atoms with Crippen LogP contribution in [0, 0.1) is 7.14 Å². The number of hydrogen-bond acceptors (Lipinski definition) is 4. The van der Waals surface area contributed by atoms with Crippen LogP contribution in [-0.2, 0) is 17.8 Å². The van der Waals surface area contributed by atoms with Crippen LogP contribution in [0.5, 0.6) is 11.5 Å². The number of hydrazone groups is 1. The van der Waals surface area contributed by atoms with Gasteiger partial charge in [0.25, 0.3) is 0 Å². The minimum absolute atomic E-state index is 0.177. The summed E-state index contributed by atoms with van der Waals surface area (Å²) in [4.78, 5) is 12.1. The Balaban J connectivity index is 1.56. The first-order valence-corrected chi connectivity index (χ1v) is 11.3. The first-order chi connectivity index (χ1) is 14.5. The number of halogens is 2. The number of carbonyl (C=O) groups excluding carboxylic acids is 1. The summed E-state index contributed by atoms with van der Waals surface area (Å²) in [6, 6.07) is 21.4. The van der Waals surface area contributed by atoms with E-state index in [4.69, 9.17) is 9.47 Å². The Morgan fingerprint density at radius 3 is 2.30 bits per heavy atom. The van der Waals surface area contributed by atoms with Crippen LogP contribution in [0.25, 0.3) is 0 Å². The van der Waals surface area contributed by atoms with Gasteiger partial charge in [0.1, 0.15) is 18.1 Å². The fourth-order valence-corrected chi connectivity index (χ4v) is 4.80. The van der Waals surface area contributed by atoms with Crippen LogP contribution >= 0.6 is 45.2 Å². The van der Waals surface area contributed by atoms with Gasteiger partial charge in [-0.15, -0.1) is 0 Å². The molecule has 0 spiro atoms. The van der Waals surface area contributed by atoms with E-state index in [1.54, 1.807) is 13.3 Å². The van der Waals surface area contributed by atoms with Gasteiger partial charge in [-0.25, -0.2) is 5.43 Å². The van der Waals surface area contributed by atoms with E-state index in [-0.39, 0.29) is 12.3 Å². The molecule has 3 aromatic carbocycles. The zero-order valence-electron chi connectivity index (χ0n) is 16.3. The number of carbonyl (C=O) groups is 1. The second-order valence-corrected chi connectivity index (χ2v) is 8.73. The highest BCUT2D eigenvalue weighted by molar-refractivity contribution is 14.1. The molecule has 3 aromatic rings. The van der Waals surface area contributed by atoms with E-state index in [0.29, 0.717) is 6.61 Å². The number of ether oxygens (including phenoxy) is 2. The zero-order valence-corrected chi connectivity index (χ0v) is 20.6. The third kappa shape index (κ3) is 6.69. The van der Waals surface area contributed by atoms with E-state index < -0.39 is 0 Å². The van der Waals surface area contributed by atoms with Crippen molar-refractivity contribution in [1.29, 1.82) is 0 Å². The number of benzene rings is 3. The highest BCUT2D eigenvalue weighted by Gasteiger charge is 2.09. The summed E-state index contributed by atoms with van der Waals surface area (Å²) in [5, 5.41) is 4.08. The summed E-state index contributed by atoms with van der Waals surface area (Å²) >= 11 is 4.50. The van der Waals surface area contributed by atoms with Crippen LogP contribution in [0.2, 0.25) is 0 Å². The highest BCUT2D eigenvalue weighted by atomic mass is 127. The first kappa shape index (κ1) is 22.5. The molecule has 0 bridgehead atoms. The van der Waals surface area contributed by atoms with Crippen molar-refractivity contribution in [3.05, 3.63) is 90.6 Å². The van der Waals surface area contributed by atoms with E-state index >= 15 is 0 Å².